The van der Waals surface area contributed by atoms with Crippen molar-refractivity contribution in [3.05, 3.63) is 0 Å². The van der Waals surface area contributed by atoms with E-state index < -0.39 is 8.07 Å². The molecule has 4 N–H and O–H groups in total. The van der Waals surface area contributed by atoms with Crippen LogP contribution in [0.5, 0.6) is 0 Å². The van der Waals surface area contributed by atoms with Crippen molar-refractivity contribution in [2.75, 3.05) is 52.4 Å². The second-order valence-electron chi connectivity index (χ2n) is 6.11. The summed E-state index contributed by atoms with van der Waals surface area (Å²) in [7, 11) is -1.08. The van der Waals surface area contributed by atoms with Crippen LogP contribution in [0.15, 0.2) is 0 Å². The molecule has 116 valence electrons. The van der Waals surface area contributed by atoms with Crippen molar-refractivity contribution >= 4 is 8.07 Å². The zero-order valence-corrected chi connectivity index (χ0v) is 14.6. The first-order chi connectivity index (χ1) is 8.99. The van der Waals surface area contributed by atoms with Gasteiger partial charge in [0.2, 0.25) is 0 Å². The lowest BCUT2D eigenvalue weighted by atomic mass is 10.5. The molecule has 0 radical (unpaired) electrons. The number of likely N-dealkylation sites (N-methyl/N-ethyl adjacent to an activating group) is 2. The molecule has 4 nitrogen and oxygen atoms in total. The van der Waals surface area contributed by atoms with Gasteiger partial charge in [0.25, 0.3) is 0 Å². The molecular weight excluding hydrogens is 252 g/mol. The van der Waals surface area contributed by atoms with Crippen molar-refractivity contribution in [3.63, 3.8) is 0 Å². The van der Waals surface area contributed by atoms with E-state index in [0.29, 0.717) is 0 Å². The van der Waals surface area contributed by atoms with Gasteiger partial charge in [-0.15, -0.1) is 0 Å². The zero-order chi connectivity index (χ0) is 14.7. The van der Waals surface area contributed by atoms with Crippen LogP contribution in [-0.2, 0) is 0 Å². The number of nitrogens with two attached hydrogens (primary N) is 2. The first kappa shape index (κ1) is 19.1. The second-order valence-corrected chi connectivity index (χ2v) is 11.4. The molecule has 0 atom stereocenters. The summed E-state index contributed by atoms with van der Waals surface area (Å²) < 4.78 is 0. The Morgan fingerprint density at radius 1 is 0.737 bits per heavy atom. The van der Waals surface area contributed by atoms with E-state index in [0.717, 1.165) is 39.3 Å². The van der Waals surface area contributed by atoms with Gasteiger partial charge in [-0.3, -0.25) is 0 Å². The Kier molecular flexibility index (Phi) is 10.8. The maximum atomic E-state index is 5.65. The van der Waals surface area contributed by atoms with Gasteiger partial charge in [0.1, 0.15) is 0 Å². The number of hydrogen-bond donors (Lipinski definition) is 2. The molecule has 0 aliphatic carbocycles. The largest absolute Gasteiger partial charge is 0.329 e. The minimum Gasteiger partial charge on any atom is -0.329 e. The molecule has 5 heteroatoms. The maximum Gasteiger partial charge on any atom is 0.0498 e. The van der Waals surface area contributed by atoms with Gasteiger partial charge in [0.05, 0.1) is 0 Å². The molecule has 0 aromatic heterocycles. The van der Waals surface area contributed by atoms with Gasteiger partial charge in [0, 0.05) is 34.3 Å². The van der Waals surface area contributed by atoms with Gasteiger partial charge in [-0.25, -0.2) is 0 Å². The summed E-state index contributed by atoms with van der Waals surface area (Å²) in [6, 6.07) is 2.75. The fourth-order valence-electron chi connectivity index (χ4n) is 2.27. The molecular formula is C14H36N4Si. The summed E-state index contributed by atoms with van der Waals surface area (Å²) in [4.78, 5) is 4.96. The van der Waals surface area contributed by atoms with Crippen LogP contribution in [0, 0.1) is 0 Å². The molecule has 19 heavy (non-hydrogen) atoms. The molecule has 0 bridgehead atoms. The Hall–Kier alpha value is 0.0569. The number of rotatable bonds is 12. The van der Waals surface area contributed by atoms with Crippen molar-refractivity contribution in [2.45, 2.75) is 39.0 Å². The van der Waals surface area contributed by atoms with Gasteiger partial charge >= 0.3 is 0 Å². The standard InChI is InChI=1S/C14H36N4Si/c1-5-17(9-7-15)11-13-19(3,4)14-12-18(6-2)10-8-16/h5-16H2,1-4H3. The highest BCUT2D eigenvalue weighted by Crippen LogP contribution is 2.16. The van der Waals surface area contributed by atoms with Gasteiger partial charge in [-0.05, 0) is 38.3 Å². The molecule has 0 aromatic carbocycles. The van der Waals surface area contributed by atoms with Crippen LogP contribution in [0.3, 0.4) is 0 Å². The molecule has 0 saturated heterocycles. The van der Waals surface area contributed by atoms with Crippen LogP contribution >= 0.6 is 0 Å². The lowest BCUT2D eigenvalue weighted by Gasteiger charge is -2.29. The molecule has 0 saturated carbocycles. The van der Waals surface area contributed by atoms with E-state index in [1.807, 2.05) is 0 Å². The van der Waals surface area contributed by atoms with E-state index in [1.165, 1.54) is 25.2 Å². The molecule has 0 aliphatic heterocycles. The van der Waals surface area contributed by atoms with Crippen molar-refractivity contribution < 1.29 is 0 Å². The molecule has 0 aromatic rings. The van der Waals surface area contributed by atoms with Crippen LogP contribution in [0.1, 0.15) is 13.8 Å². The summed E-state index contributed by atoms with van der Waals surface area (Å²) in [5.41, 5.74) is 11.3. The highest BCUT2D eigenvalue weighted by molar-refractivity contribution is 6.77. The van der Waals surface area contributed by atoms with Gasteiger partial charge in [0.15, 0.2) is 0 Å². The Balaban J connectivity index is 4.01. The van der Waals surface area contributed by atoms with Crippen molar-refractivity contribution in [1.29, 1.82) is 0 Å². The minimum atomic E-state index is -1.08. The first-order valence-electron chi connectivity index (χ1n) is 7.84. The summed E-state index contributed by atoms with van der Waals surface area (Å²) in [6.45, 7) is 17.8. The van der Waals surface area contributed by atoms with E-state index in [9.17, 15) is 0 Å². The molecule has 0 spiro atoms. The summed E-state index contributed by atoms with van der Waals surface area (Å²) in [5, 5.41) is 0. The Morgan fingerprint density at radius 2 is 1.11 bits per heavy atom. The highest BCUT2D eigenvalue weighted by Gasteiger charge is 2.21. The lowest BCUT2D eigenvalue weighted by Crippen LogP contribution is -2.39. The van der Waals surface area contributed by atoms with Crippen LogP contribution < -0.4 is 11.5 Å². The van der Waals surface area contributed by atoms with Gasteiger partial charge in [-0.2, -0.15) is 0 Å². The van der Waals surface area contributed by atoms with E-state index in [-0.39, 0.29) is 0 Å². The molecule has 0 amide bonds. The van der Waals surface area contributed by atoms with Crippen LogP contribution in [0.25, 0.3) is 0 Å². The number of hydrogen-bond acceptors (Lipinski definition) is 4. The van der Waals surface area contributed by atoms with Crippen LogP contribution in [0.2, 0.25) is 25.2 Å². The Morgan fingerprint density at radius 3 is 1.37 bits per heavy atom. The summed E-state index contributed by atoms with van der Waals surface area (Å²) >= 11 is 0. The minimum absolute atomic E-state index is 0.774. The Labute approximate surface area is 121 Å². The van der Waals surface area contributed by atoms with Gasteiger partial charge in [-0.1, -0.05) is 26.9 Å². The third kappa shape index (κ3) is 9.57. The predicted molar refractivity (Wildman–Crippen MR) is 89.4 cm³/mol. The van der Waals surface area contributed by atoms with Crippen molar-refractivity contribution in [2.24, 2.45) is 11.5 Å². The fraction of sp³-hybridized carbons (Fsp3) is 1.00. The third-order valence-electron chi connectivity index (χ3n) is 3.99. The second kappa shape index (κ2) is 10.8. The third-order valence-corrected chi connectivity index (χ3v) is 7.15. The molecule has 0 fully saturated rings. The van der Waals surface area contributed by atoms with Crippen LogP contribution in [0.4, 0.5) is 0 Å². The lowest BCUT2D eigenvalue weighted by molar-refractivity contribution is 0.305. The summed E-state index contributed by atoms with van der Waals surface area (Å²) in [6.07, 6.45) is 0. The predicted octanol–water partition coefficient (Wildman–Crippen LogP) is 1.26. The normalized spacial score (nSPS) is 12.6. The zero-order valence-electron chi connectivity index (χ0n) is 13.6. The fourth-order valence-corrected chi connectivity index (χ4v) is 4.36. The van der Waals surface area contributed by atoms with Crippen molar-refractivity contribution in [3.8, 4) is 0 Å². The summed E-state index contributed by atoms with van der Waals surface area (Å²) in [5.74, 6) is 0. The van der Waals surface area contributed by atoms with E-state index >= 15 is 0 Å². The van der Waals surface area contributed by atoms with E-state index in [1.54, 1.807) is 0 Å². The number of nitrogens with zero attached hydrogens (tertiary/aromatic N) is 2. The first-order valence-corrected chi connectivity index (χ1v) is 11.2. The Bertz CT molecular complexity index is 192. The van der Waals surface area contributed by atoms with Crippen molar-refractivity contribution in [1.82, 2.24) is 9.80 Å². The topological polar surface area (TPSA) is 58.5 Å². The average molecular weight is 289 g/mol. The molecule has 0 unspecified atom stereocenters. The maximum absolute atomic E-state index is 5.65. The van der Waals surface area contributed by atoms with E-state index in [2.05, 4.69) is 36.7 Å². The van der Waals surface area contributed by atoms with E-state index in [4.69, 9.17) is 11.5 Å². The highest BCUT2D eigenvalue weighted by atomic mass is 28.3. The quantitative estimate of drug-likeness (QED) is 0.531. The molecule has 0 aliphatic rings. The molecule has 0 heterocycles. The van der Waals surface area contributed by atoms with Gasteiger partial charge < -0.3 is 21.3 Å². The van der Waals surface area contributed by atoms with Crippen LogP contribution in [-0.4, -0.2) is 70.2 Å². The monoisotopic (exact) mass is 288 g/mol. The molecule has 0 rings (SSSR count). The smallest absolute Gasteiger partial charge is 0.0498 e. The SMILES string of the molecule is CCN(CCN)CC[Si](C)(C)CCN(CC)CCN. The average Bonchev–Trinajstić information content (AvgIpc) is 2.39.